The van der Waals surface area contributed by atoms with E-state index in [1.54, 1.807) is 0 Å². The van der Waals surface area contributed by atoms with Gasteiger partial charge in [0.1, 0.15) is 5.52 Å². The van der Waals surface area contributed by atoms with Crippen molar-refractivity contribution in [2.45, 2.75) is 0 Å². The first kappa shape index (κ1) is 29.0. The Hall–Kier alpha value is -6.91. The molecule has 0 aliphatic heterocycles. The third-order valence-electron chi connectivity index (χ3n) is 9.82. The molecule has 0 atom stereocenters. The van der Waals surface area contributed by atoms with E-state index < -0.39 is 0 Å². The van der Waals surface area contributed by atoms with Gasteiger partial charge in [-0.3, -0.25) is 0 Å². The minimum absolute atomic E-state index is 0.613. The van der Waals surface area contributed by atoms with E-state index in [1.807, 2.05) is 18.2 Å². The Morgan fingerprint density at radius 1 is 0.431 bits per heavy atom. The number of benzene rings is 8. The quantitative estimate of drug-likeness (QED) is 0.179. The SMILES string of the molecule is c1ccc(-c2ccc(N(c3ccc(-c4nc5c(ccc6ccccc65)o4)cc3)c3ccc4c(c3)c3ccccc3n4-c3ccccc3)cc2)cc1. The summed E-state index contributed by atoms with van der Waals surface area (Å²) in [6.45, 7) is 0. The molecular formula is C47H31N3O. The van der Waals surface area contributed by atoms with Crippen molar-refractivity contribution in [3.63, 3.8) is 0 Å². The molecule has 0 bridgehead atoms. The van der Waals surface area contributed by atoms with E-state index in [-0.39, 0.29) is 0 Å². The fourth-order valence-corrected chi connectivity index (χ4v) is 7.37. The van der Waals surface area contributed by atoms with Gasteiger partial charge in [-0.25, -0.2) is 4.98 Å². The van der Waals surface area contributed by atoms with Crippen molar-refractivity contribution in [1.82, 2.24) is 9.55 Å². The van der Waals surface area contributed by atoms with Gasteiger partial charge in [-0.2, -0.15) is 0 Å². The topological polar surface area (TPSA) is 34.2 Å². The molecule has 0 fully saturated rings. The van der Waals surface area contributed by atoms with Crippen LogP contribution < -0.4 is 4.90 Å². The van der Waals surface area contributed by atoms with E-state index in [4.69, 9.17) is 9.40 Å². The van der Waals surface area contributed by atoms with E-state index in [1.165, 1.54) is 32.9 Å². The molecule has 10 rings (SSSR count). The van der Waals surface area contributed by atoms with E-state index in [2.05, 4.69) is 179 Å². The minimum Gasteiger partial charge on any atom is -0.436 e. The van der Waals surface area contributed by atoms with Gasteiger partial charge in [0.05, 0.1) is 11.0 Å². The molecule has 0 radical (unpaired) electrons. The smallest absolute Gasteiger partial charge is 0.227 e. The van der Waals surface area contributed by atoms with Crippen molar-refractivity contribution in [1.29, 1.82) is 0 Å². The number of rotatable bonds is 6. The molecule has 0 saturated heterocycles. The van der Waals surface area contributed by atoms with Crippen LogP contribution in [0.15, 0.2) is 192 Å². The highest BCUT2D eigenvalue weighted by atomic mass is 16.3. The lowest BCUT2D eigenvalue weighted by Gasteiger charge is -2.26. The molecule has 0 unspecified atom stereocenters. The Labute approximate surface area is 295 Å². The van der Waals surface area contributed by atoms with Crippen LogP contribution in [0.4, 0.5) is 17.1 Å². The summed E-state index contributed by atoms with van der Waals surface area (Å²) < 4.78 is 8.64. The van der Waals surface area contributed by atoms with Gasteiger partial charge in [-0.1, -0.05) is 109 Å². The fraction of sp³-hybridized carbons (Fsp3) is 0. The van der Waals surface area contributed by atoms with Crippen molar-refractivity contribution >= 4 is 60.7 Å². The summed E-state index contributed by atoms with van der Waals surface area (Å²) >= 11 is 0. The van der Waals surface area contributed by atoms with Crippen LogP contribution in [-0.4, -0.2) is 9.55 Å². The highest BCUT2D eigenvalue weighted by molar-refractivity contribution is 6.10. The molecular weight excluding hydrogens is 623 g/mol. The fourth-order valence-electron chi connectivity index (χ4n) is 7.37. The summed E-state index contributed by atoms with van der Waals surface area (Å²) in [5.41, 5.74) is 11.7. The first-order valence-corrected chi connectivity index (χ1v) is 17.2. The molecule has 4 nitrogen and oxygen atoms in total. The maximum atomic E-state index is 6.29. The lowest BCUT2D eigenvalue weighted by atomic mass is 10.0. The Morgan fingerprint density at radius 3 is 1.78 bits per heavy atom. The highest BCUT2D eigenvalue weighted by Crippen LogP contribution is 2.41. The summed E-state index contributed by atoms with van der Waals surface area (Å²) in [6, 6.07) is 66.3. The highest BCUT2D eigenvalue weighted by Gasteiger charge is 2.18. The number of hydrogen-bond donors (Lipinski definition) is 0. The average molecular weight is 654 g/mol. The summed E-state index contributed by atoms with van der Waals surface area (Å²) in [4.78, 5) is 7.27. The first-order valence-electron chi connectivity index (χ1n) is 17.2. The lowest BCUT2D eigenvalue weighted by Crippen LogP contribution is -2.10. The maximum absolute atomic E-state index is 6.29. The standard InChI is InChI=1S/C47H31N3O/c1-3-11-32(12-4-1)33-19-24-37(25-20-33)49(38-26-21-35(22-27-38)47-48-46-40-16-8-7-13-34(40)23-30-45(46)51-47)39-28-29-44-42(31-39)41-17-9-10-18-43(41)50(44)36-14-5-2-6-15-36/h1-31H. The van der Waals surface area contributed by atoms with Crippen LogP contribution in [0, 0.1) is 0 Å². The summed E-state index contributed by atoms with van der Waals surface area (Å²) in [6.07, 6.45) is 0. The van der Waals surface area contributed by atoms with Gasteiger partial charge in [0.15, 0.2) is 5.58 Å². The molecule has 2 aromatic heterocycles. The zero-order valence-corrected chi connectivity index (χ0v) is 27.6. The van der Waals surface area contributed by atoms with E-state index in [0.717, 1.165) is 50.2 Å². The normalized spacial score (nSPS) is 11.5. The van der Waals surface area contributed by atoms with E-state index in [0.29, 0.717) is 5.89 Å². The molecule has 0 aliphatic carbocycles. The van der Waals surface area contributed by atoms with Crippen LogP contribution in [0.3, 0.4) is 0 Å². The molecule has 0 amide bonds. The molecule has 0 spiro atoms. The summed E-state index contributed by atoms with van der Waals surface area (Å²) in [5, 5.41) is 4.67. The van der Waals surface area contributed by atoms with Gasteiger partial charge >= 0.3 is 0 Å². The predicted molar refractivity (Wildman–Crippen MR) is 211 cm³/mol. The van der Waals surface area contributed by atoms with Gasteiger partial charge in [-0.05, 0) is 95.4 Å². The number of hydrogen-bond acceptors (Lipinski definition) is 3. The Morgan fingerprint density at radius 2 is 1.02 bits per heavy atom. The number of nitrogens with zero attached hydrogens (tertiary/aromatic N) is 3. The van der Waals surface area contributed by atoms with Crippen LogP contribution in [0.5, 0.6) is 0 Å². The largest absolute Gasteiger partial charge is 0.436 e. The van der Waals surface area contributed by atoms with Crippen LogP contribution >= 0.6 is 0 Å². The molecule has 4 heteroatoms. The minimum atomic E-state index is 0.613. The van der Waals surface area contributed by atoms with Crippen LogP contribution in [0.25, 0.3) is 71.9 Å². The van der Waals surface area contributed by atoms with Gasteiger partial charge in [0.25, 0.3) is 0 Å². The third kappa shape index (κ3) is 4.96. The van der Waals surface area contributed by atoms with E-state index >= 15 is 0 Å². The van der Waals surface area contributed by atoms with Gasteiger partial charge in [-0.15, -0.1) is 0 Å². The van der Waals surface area contributed by atoms with Crippen LogP contribution in [-0.2, 0) is 0 Å². The number of aromatic nitrogens is 2. The van der Waals surface area contributed by atoms with Gasteiger partial charge in [0.2, 0.25) is 5.89 Å². The third-order valence-corrected chi connectivity index (χ3v) is 9.82. The zero-order valence-electron chi connectivity index (χ0n) is 27.6. The summed E-state index contributed by atoms with van der Waals surface area (Å²) in [5.74, 6) is 0.613. The second-order valence-electron chi connectivity index (χ2n) is 12.8. The number of anilines is 3. The van der Waals surface area contributed by atoms with E-state index in [9.17, 15) is 0 Å². The molecule has 2 heterocycles. The number of oxazole rings is 1. The van der Waals surface area contributed by atoms with Crippen molar-refractivity contribution in [2.24, 2.45) is 0 Å². The van der Waals surface area contributed by atoms with Crippen LogP contribution in [0.2, 0.25) is 0 Å². The first-order chi connectivity index (χ1) is 25.3. The van der Waals surface area contributed by atoms with Crippen molar-refractivity contribution in [2.75, 3.05) is 4.90 Å². The van der Waals surface area contributed by atoms with Crippen molar-refractivity contribution < 1.29 is 4.42 Å². The number of fused-ring (bicyclic) bond motifs is 6. The predicted octanol–water partition coefficient (Wildman–Crippen LogP) is 12.9. The zero-order chi connectivity index (χ0) is 33.7. The number of para-hydroxylation sites is 2. The molecule has 240 valence electrons. The Kier molecular flexibility index (Phi) is 6.78. The molecule has 51 heavy (non-hydrogen) atoms. The van der Waals surface area contributed by atoms with Crippen LogP contribution in [0.1, 0.15) is 0 Å². The Balaban J connectivity index is 1.11. The molecule has 8 aromatic carbocycles. The maximum Gasteiger partial charge on any atom is 0.227 e. The monoisotopic (exact) mass is 653 g/mol. The summed E-state index contributed by atoms with van der Waals surface area (Å²) in [7, 11) is 0. The molecule has 10 aromatic rings. The second kappa shape index (κ2) is 11.9. The molecule has 0 saturated carbocycles. The Bertz CT molecular complexity index is 2830. The second-order valence-corrected chi connectivity index (χ2v) is 12.8. The van der Waals surface area contributed by atoms with Crippen molar-refractivity contribution in [3.8, 4) is 28.3 Å². The molecule has 0 N–H and O–H groups in total. The van der Waals surface area contributed by atoms with Crippen molar-refractivity contribution in [3.05, 3.63) is 188 Å². The lowest BCUT2D eigenvalue weighted by molar-refractivity contribution is 0.620. The van der Waals surface area contributed by atoms with Gasteiger partial charge in [0, 0.05) is 44.5 Å². The average Bonchev–Trinajstić information content (AvgIpc) is 3.79. The molecule has 0 aliphatic rings. The van der Waals surface area contributed by atoms with Gasteiger partial charge < -0.3 is 13.9 Å².